The van der Waals surface area contributed by atoms with Gasteiger partial charge in [0.15, 0.2) is 5.69 Å². The summed E-state index contributed by atoms with van der Waals surface area (Å²) in [5.41, 5.74) is 0.383. The van der Waals surface area contributed by atoms with Crippen LogP contribution in [0.4, 0.5) is 18.9 Å². The van der Waals surface area contributed by atoms with E-state index in [1.54, 1.807) is 19.1 Å². The number of anilines is 1. The van der Waals surface area contributed by atoms with Gasteiger partial charge in [0, 0.05) is 42.5 Å². The number of alkyl halides is 3. The Morgan fingerprint density at radius 1 is 1.23 bits per heavy atom. The van der Waals surface area contributed by atoms with E-state index in [4.69, 9.17) is 23.2 Å². The number of hydrogen-bond acceptors (Lipinski definition) is 4. The summed E-state index contributed by atoms with van der Waals surface area (Å²) in [5.74, 6) is -0.458. The van der Waals surface area contributed by atoms with Gasteiger partial charge in [0.05, 0.1) is 16.8 Å². The number of nitrogens with zero attached hydrogens (tertiary/aromatic N) is 4. The van der Waals surface area contributed by atoms with E-state index in [1.807, 2.05) is 11.0 Å². The third-order valence-corrected chi connectivity index (χ3v) is 5.83. The van der Waals surface area contributed by atoms with E-state index in [2.05, 4.69) is 5.10 Å². The van der Waals surface area contributed by atoms with Crippen molar-refractivity contribution in [2.24, 2.45) is 0 Å². The molecule has 1 aliphatic heterocycles. The van der Waals surface area contributed by atoms with Crippen LogP contribution < -0.4 is 4.90 Å². The van der Waals surface area contributed by atoms with Crippen LogP contribution in [-0.2, 0) is 17.5 Å². The number of rotatable bonds is 4. The molecule has 0 bridgehead atoms. The first-order valence-corrected chi connectivity index (χ1v) is 10.0. The van der Waals surface area contributed by atoms with E-state index in [9.17, 15) is 23.1 Å². The van der Waals surface area contributed by atoms with Crippen LogP contribution in [0.1, 0.15) is 30.0 Å². The zero-order valence-electron chi connectivity index (χ0n) is 16.4. The second kappa shape index (κ2) is 8.64. The van der Waals surface area contributed by atoms with Crippen LogP contribution in [-0.4, -0.2) is 51.9 Å². The minimum atomic E-state index is -4.70. The van der Waals surface area contributed by atoms with Crippen molar-refractivity contribution in [3.63, 3.8) is 0 Å². The summed E-state index contributed by atoms with van der Waals surface area (Å²) in [6, 6.07) is 5.34. The van der Waals surface area contributed by atoms with Gasteiger partial charge in [-0.15, -0.1) is 0 Å². The van der Waals surface area contributed by atoms with Gasteiger partial charge in [-0.3, -0.25) is 4.79 Å². The number of aliphatic hydroxyl groups excluding tert-OH is 1. The fourth-order valence-electron chi connectivity index (χ4n) is 3.43. The number of aliphatic hydroxyl groups is 1. The Labute approximate surface area is 181 Å². The average Bonchev–Trinajstić information content (AvgIpc) is 2.95. The molecule has 1 amide bonds. The van der Waals surface area contributed by atoms with Crippen LogP contribution in [0.25, 0.3) is 0 Å². The lowest BCUT2D eigenvalue weighted by molar-refractivity contribution is -0.145. The normalized spacial score (nSPS) is 16.1. The lowest BCUT2D eigenvalue weighted by atomic mass is 10.1. The van der Waals surface area contributed by atoms with Gasteiger partial charge in [0.1, 0.15) is 6.54 Å². The lowest BCUT2D eigenvalue weighted by Gasteiger charge is -2.36. The van der Waals surface area contributed by atoms with Crippen molar-refractivity contribution in [3.8, 4) is 0 Å². The van der Waals surface area contributed by atoms with Crippen molar-refractivity contribution in [1.29, 1.82) is 0 Å². The molecule has 1 unspecified atom stereocenters. The number of benzene rings is 1. The monoisotopic (exact) mass is 464 g/mol. The molecule has 3 rings (SSSR count). The van der Waals surface area contributed by atoms with E-state index in [0.29, 0.717) is 41.4 Å². The molecule has 0 saturated carbocycles. The standard InChI is InChI=1S/C19H21Cl2F3N4O2/c1-11-17(21)18(19(22,23)24)28(25-11)10-16(30)27-7-5-26(6-8-27)13-3-4-15(20)14(9-13)12(2)29/h3-4,9,12,29H,5-8,10H2,1-2H3. The summed E-state index contributed by atoms with van der Waals surface area (Å²) in [7, 11) is 0. The van der Waals surface area contributed by atoms with E-state index in [1.165, 1.54) is 11.8 Å². The maximum absolute atomic E-state index is 13.3. The molecule has 0 aliphatic carbocycles. The van der Waals surface area contributed by atoms with Crippen molar-refractivity contribution in [1.82, 2.24) is 14.7 Å². The molecule has 164 valence electrons. The van der Waals surface area contributed by atoms with Gasteiger partial charge in [-0.25, -0.2) is 4.68 Å². The predicted octanol–water partition coefficient (Wildman–Crippen LogP) is 3.92. The van der Waals surface area contributed by atoms with Crippen LogP contribution >= 0.6 is 23.2 Å². The van der Waals surface area contributed by atoms with Gasteiger partial charge in [-0.2, -0.15) is 18.3 Å². The zero-order chi connectivity index (χ0) is 22.2. The third kappa shape index (κ3) is 4.68. The van der Waals surface area contributed by atoms with E-state index < -0.39 is 35.4 Å². The molecule has 6 nitrogen and oxygen atoms in total. The summed E-state index contributed by atoms with van der Waals surface area (Å²) in [6.45, 7) is 4.15. The summed E-state index contributed by atoms with van der Waals surface area (Å²) in [4.78, 5) is 16.1. The highest BCUT2D eigenvalue weighted by Gasteiger charge is 2.39. The maximum atomic E-state index is 13.3. The molecule has 30 heavy (non-hydrogen) atoms. The Morgan fingerprint density at radius 3 is 2.43 bits per heavy atom. The predicted molar refractivity (Wildman–Crippen MR) is 108 cm³/mol. The summed E-state index contributed by atoms with van der Waals surface area (Å²) >= 11 is 11.8. The molecule has 11 heteroatoms. The first-order chi connectivity index (χ1) is 14.0. The lowest BCUT2D eigenvalue weighted by Crippen LogP contribution is -2.49. The largest absolute Gasteiger partial charge is 0.434 e. The smallest absolute Gasteiger partial charge is 0.389 e. The SMILES string of the molecule is Cc1nn(CC(=O)N2CCN(c3ccc(Cl)c(C(C)O)c3)CC2)c(C(F)(F)F)c1Cl. The second-order valence-corrected chi connectivity index (χ2v) is 7.94. The molecular formula is C19H21Cl2F3N4O2. The molecule has 1 atom stereocenters. The molecule has 0 radical (unpaired) electrons. The number of hydrogen-bond donors (Lipinski definition) is 1. The van der Waals surface area contributed by atoms with Gasteiger partial charge >= 0.3 is 6.18 Å². The van der Waals surface area contributed by atoms with Gasteiger partial charge < -0.3 is 14.9 Å². The Morgan fingerprint density at radius 2 is 1.87 bits per heavy atom. The second-order valence-electron chi connectivity index (χ2n) is 7.15. The number of carbonyl (C=O) groups excluding carboxylic acids is 1. The number of carbonyl (C=O) groups is 1. The molecular weight excluding hydrogens is 444 g/mol. The van der Waals surface area contributed by atoms with Crippen molar-refractivity contribution in [2.75, 3.05) is 31.1 Å². The molecule has 1 aromatic carbocycles. The molecule has 1 aliphatic rings. The Hall–Kier alpha value is -1.97. The molecule has 1 saturated heterocycles. The van der Waals surface area contributed by atoms with Crippen molar-refractivity contribution in [2.45, 2.75) is 32.7 Å². The fourth-order valence-corrected chi connectivity index (χ4v) is 3.95. The van der Waals surface area contributed by atoms with Crippen LogP contribution in [0.2, 0.25) is 10.0 Å². The molecule has 2 aromatic rings. The Kier molecular flexibility index (Phi) is 6.54. The zero-order valence-corrected chi connectivity index (χ0v) is 17.9. The number of piperazine rings is 1. The molecule has 2 heterocycles. The molecule has 1 fully saturated rings. The molecule has 1 N–H and O–H groups in total. The first kappa shape index (κ1) is 22.7. The fraction of sp³-hybridized carbons (Fsp3) is 0.474. The van der Waals surface area contributed by atoms with Gasteiger partial charge in [-0.05, 0) is 32.0 Å². The topological polar surface area (TPSA) is 61.6 Å². The highest BCUT2D eigenvalue weighted by molar-refractivity contribution is 6.32. The Bertz CT molecular complexity index is 939. The molecule has 0 spiro atoms. The summed E-state index contributed by atoms with van der Waals surface area (Å²) < 4.78 is 40.4. The number of amides is 1. The minimum Gasteiger partial charge on any atom is -0.389 e. The highest BCUT2D eigenvalue weighted by atomic mass is 35.5. The highest BCUT2D eigenvalue weighted by Crippen LogP contribution is 2.36. The van der Waals surface area contributed by atoms with Gasteiger partial charge in [-0.1, -0.05) is 23.2 Å². The minimum absolute atomic E-state index is 0.0262. The van der Waals surface area contributed by atoms with Gasteiger partial charge in [0.25, 0.3) is 0 Å². The van der Waals surface area contributed by atoms with Crippen LogP contribution in [0.5, 0.6) is 0 Å². The Balaban J connectivity index is 1.67. The van der Waals surface area contributed by atoms with Crippen molar-refractivity contribution in [3.05, 3.63) is 45.2 Å². The maximum Gasteiger partial charge on any atom is 0.434 e. The summed E-state index contributed by atoms with van der Waals surface area (Å²) in [5, 5.41) is 13.6. The number of aromatic nitrogens is 2. The third-order valence-electron chi connectivity index (χ3n) is 5.04. The summed E-state index contributed by atoms with van der Waals surface area (Å²) in [6.07, 6.45) is -5.42. The average molecular weight is 465 g/mol. The van der Waals surface area contributed by atoms with Crippen LogP contribution in [0.3, 0.4) is 0 Å². The number of halogens is 5. The van der Waals surface area contributed by atoms with E-state index in [0.717, 1.165) is 5.69 Å². The van der Waals surface area contributed by atoms with E-state index in [-0.39, 0.29) is 5.69 Å². The van der Waals surface area contributed by atoms with Crippen LogP contribution in [0, 0.1) is 6.92 Å². The van der Waals surface area contributed by atoms with Crippen LogP contribution in [0.15, 0.2) is 18.2 Å². The number of aryl methyl sites for hydroxylation is 1. The van der Waals surface area contributed by atoms with Crippen molar-refractivity contribution < 1.29 is 23.1 Å². The van der Waals surface area contributed by atoms with Crippen molar-refractivity contribution >= 4 is 34.8 Å². The van der Waals surface area contributed by atoms with Gasteiger partial charge in [0.2, 0.25) is 5.91 Å². The first-order valence-electron chi connectivity index (χ1n) is 9.29. The van der Waals surface area contributed by atoms with E-state index >= 15 is 0 Å². The molecule has 1 aromatic heterocycles. The quantitative estimate of drug-likeness (QED) is 0.744.